The number of hydrogen-bond acceptors (Lipinski definition) is 6. The molecule has 0 aromatic carbocycles. The molecule has 3 rings (SSSR count). The fourth-order valence-electron chi connectivity index (χ4n) is 2.37. The second-order valence-corrected chi connectivity index (χ2v) is 6.43. The van der Waals surface area contributed by atoms with Crippen molar-refractivity contribution in [3.63, 3.8) is 0 Å². The first-order valence-corrected chi connectivity index (χ1v) is 8.42. The van der Waals surface area contributed by atoms with Gasteiger partial charge in [-0.05, 0) is 37.4 Å². The summed E-state index contributed by atoms with van der Waals surface area (Å²) in [4.78, 5) is 13.0. The molecule has 3 heterocycles. The molecule has 1 unspecified atom stereocenters. The number of rotatable bonds is 6. The van der Waals surface area contributed by atoms with Crippen LogP contribution in [0, 0.1) is 13.8 Å². The number of hydrogen-bond donors (Lipinski definition) is 2. The maximum Gasteiger partial charge on any atom is 0.224 e. The number of carbonyl (C=O) groups excluding carboxylic acids is 1. The highest BCUT2D eigenvalue weighted by Crippen LogP contribution is 2.28. The number of amides is 1. The molecular weight excluding hydrogens is 328 g/mol. The number of thiophene rings is 1. The Labute approximate surface area is 143 Å². The second kappa shape index (κ2) is 7.02. The van der Waals surface area contributed by atoms with Gasteiger partial charge in [-0.15, -0.1) is 11.3 Å². The molecular formula is C17H18N2O4S. The Bertz CT molecular complexity index is 800. The van der Waals surface area contributed by atoms with Crippen LogP contribution in [0.5, 0.6) is 0 Å². The highest BCUT2D eigenvalue weighted by molar-refractivity contribution is 7.13. The second-order valence-electron chi connectivity index (χ2n) is 5.48. The number of furan rings is 1. The van der Waals surface area contributed by atoms with E-state index in [1.165, 1.54) is 0 Å². The lowest BCUT2D eigenvalue weighted by molar-refractivity contribution is -0.121. The monoisotopic (exact) mass is 346 g/mol. The summed E-state index contributed by atoms with van der Waals surface area (Å²) >= 11 is 1.56. The molecule has 24 heavy (non-hydrogen) atoms. The highest BCUT2D eigenvalue weighted by Gasteiger charge is 2.17. The molecule has 6 nitrogen and oxygen atoms in total. The minimum Gasteiger partial charge on any atom is -0.457 e. The van der Waals surface area contributed by atoms with E-state index < -0.39 is 6.10 Å². The molecule has 126 valence electrons. The third-order valence-electron chi connectivity index (χ3n) is 3.73. The van der Waals surface area contributed by atoms with E-state index in [4.69, 9.17) is 8.94 Å². The zero-order chi connectivity index (χ0) is 17.1. The van der Waals surface area contributed by atoms with Crippen molar-refractivity contribution in [2.24, 2.45) is 0 Å². The van der Waals surface area contributed by atoms with Gasteiger partial charge in [0.15, 0.2) is 0 Å². The van der Waals surface area contributed by atoms with E-state index in [2.05, 4.69) is 10.5 Å². The van der Waals surface area contributed by atoms with E-state index in [1.54, 1.807) is 31.3 Å². The number of nitrogens with one attached hydrogen (secondary N) is 1. The fourth-order valence-corrected chi connectivity index (χ4v) is 3.06. The van der Waals surface area contributed by atoms with Gasteiger partial charge < -0.3 is 19.4 Å². The Kier molecular flexibility index (Phi) is 4.82. The van der Waals surface area contributed by atoms with Crippen molar-refractivity contribution in [3.8, 4) is 10.6 Å². The summed E-state index contributed by atoms with van der Waals surface area (Å²) in [5, 5.41) is 18.7. The smallest absolute Gasteiger partial charge is 0.224 e. The molecule has 3 aromatic rings. The molecule has 0 saturated heterocycles. The van der Waals surface area contributed by atoms with Crippen LogP contribution in [0.1, 0.15) is 28.9 Å². The molecule has 0 fully saturated rings. The maximum absolute atomic E-state index is 12.0. The van der Waals surface area contributed by atoms with Crippen LogP contribution in [0.3, 0.4) is 0 Å². The van der Waals surface area contributed by atoms with Crippen LogP contribution < -0.4 is 5.32 Å². The molecule has 1 amide bonds. The van der Waals surface area contributed by atoms with Crippen molar-refractivity contribution < 1.29 is 18.8 Å². The minimum absolute atomic E-state index is 0.0829. The quantitative estimate of drug-likeness (QED) is 0.716. The van der Waals surface area contributed by atoms with Crippen molar-refractivity contribution in [2.75, 3.05) is 6.54 Å². The first kappa shape index (κ1) is 16.5. The van der Waals surface area contributed by atoms with Gasteiger partial charge in [-0.1, -0.05) is 11.2 Å². The predicted octanol–water partition coefficient (Wildman–Crippen LogP) is 3.01. The van der Waals surface area contributed by atoms with E-state index >= 15 is 0 Å². The predicted molar refractivity (Wildman–Crippen MR) is 89.7 cm³/mol. The topological polar surface area (TPSA) is 88.5 Å². The summed E-state index contributed by atoms with van der Waals surface area (Å²) < 4.78 is 10.7. The SMILES string of the molecule is Cc1noc(C)c1CC(=O)NCC(O)c1ccc(-c2cccs2)o1. The molecule has 0 spiro atoms. The van der Waals surface area contributed by atoms with Gasteiger partial charge in [0.1, 0.15) is 23.4 Å². The van der Waals surface area contributed by atoms with Crippen LogP contribution >= 0.6 is 11.3 Å². The molecule has 1 atom stereocenters. The Morgan fingerprint density at radius 2 is 2.21 bits per heavy atom. The Balaban J connectivity index is 1.55. The Morgan fingerprint density at radius 3 is 2.88 bits per heavy atom. The first-order valence-electron chi connectivity index (χ1n) is 7.54. The average molecular weight is 346 g/mol. The zero-order valence-electron chi connectivity index (χ0n) is 13.4. The molecule has 0 saturated carbocycles. The van der Waals surface area contributed by atoms with Crippen LogP contribution in [0.15, 0.2) is 38.6 Å². The van der Waals surface area contributed by atoms with E-state index in [9.17, 15) is 9.90 Å². The summed E-state index contributed by atoms with van der Waals surface area (Å²) in [6.07, 6.45) is -0.723. The van der Waals surface area contributed by atoms with E-state index in [0.29, 0.717) is 23.0 Å². The lowest BCUT2D eigenvalue weighted by Crippen LogP contribution is -2.29. The fraction of sp³-hybridized carbons (Fsp3) is 0.294. The molecule has 0 aliphatic carbocycles. The van der Waals surface area contributed by atoms with Crippen LogP contribution in [-0.4, -0.2) is 22.7 Å². The van der Waals surface area contributed by atoms with E-state index in [-0.39, 0.29) is 18.9 Å². The number of aromatic nitrogens is 1. The summed E-state index contributed by atoms with van der Waals surface area (Å²) in [5.41, 5.74) is 1.48. The maximum atomic E-state index is 12.0. The van der Waals surface area contributed by atoms with Gasteiger partial charge in [0.2, 0.25) is 5.91 Å². The van der Waals surface area contributed by atoms with E-state index in [1.807, 2.05) is 23.6 Å². The summed E-state index contributed by atoms with van der Waals surface area (Å²) in [5.74, 6) is 1.57. The first-order chi connectivity index (χ1) is 11.5. The van der Waals surface area contributed by atoms with Gasteiger partial charge in [-0.3, -0.25) is 4.79 Å². The molecule has 0 bridgehead atoms. The standard InChI is InChI=1S/C17H18N2O4S/c1-10-12(11(2)23-19-10)8-17(21)18-9-13(20)14-5-6-15(22-14)16-4-3-7-24-16/h3-7,13,20H,8-9H2,1-2H3,(H,18,21). The van der Waals surface area contributed by atoms with Crippen molar-refractivity contribution in [3.05, 3.63) is 52.4 Å². The van der Waals surface area contributed by atoms with Gasteiger partial charge in [0, 0.05) is 5.56 Å². The van der Waals surface area contributed by atoms with Crippen molar-refractivity contribution in [1.29, 1.82) is 0 Å². The third kappa shape index (κ3) is 3.58. The lowest BCUT2D eigenvalue weighted by atomic mass is 10.1. The molecule has 3 aromatic heterocycles. The Hall–Kier alpha value is -2.38. The van der Waals surface area contributed by atoms with E-state index in [0.717, 1.165) is 10.4 Å². The van der Waals surface area contributed by atoms with Gasteiger partial charge in [0.25, 0.3) is 0 Å². The van der Waals surface area contributed by atoms with Crippen molar-refractivity contribution >= 4 is 17.2 Å². The highest BCUT2D eigenvalue weighted by atomic mass is 32.1. The van der Waals surface area contributed by atoms with Gasteiger partial charge in [-0.25, -0.2) is 0 Å². The number of aliphatic hydroxyl groups is 1. The lowest BCUT2D eigenvalue weighted by Gasteiger charge is -2.09. The molecule has 2 N–H and O–H groups in total. The summed E-state index contributed by atoms with van der Waals surface area (Å²) in [7, 11) is 0. The number of aliphatic hydroxyl groups excluding tert-OH is 1. The molecule has 0 aliphatic heterocycles. The number of aryl methyl sites for hydroxylation is 2. The molecule has 7 heteroatoms. The number of nitrogens with zero attached hydrogens (tertiary/aromatic N) is 1. The Morgan fingerprint density at radius 1 is 1.38 bits per heavy atom. The average Bonchev–Trinajstić information content (AvgIpc) is 3.29. The van der Waals surface area contributed by atoms with Gasteiger partial charge >= 0.3 is 0 Å². The van der Waals surface area contributed by atoms with Crippen molar-refractivity contribution in [1.82, 2.24) is 10.5 Å². The largest absolute Gasteiger partial charge is 0.457 e. The molecule has 0 aliphatic rings. The zero-order valence-corrected chi connectivity index (χ0v) is 14.2. The van der Waals surface area contributed by atoms with Crippen LogP contribution in [0.4, 0.5) is 0 Å². The van der Waals surface area contributed by atoms with Gasteiger partial charge in [-0.2, -0.15) is 0 Å². The normalized spacial score (nSPS) is 12.3. The summed E-state index contributed by atoms with van der Waals surface area (Å²) in [6.45, 7) is 3.65. The number of carbonyl (C=O) groups is 1. The molecule has 0 radical (unpaired) electrons. The summed E-state index contributed by atoms with van der Waals surface area (Å²) in [6, 6.07) is 7.43. The van der Waals surface area contributed by atoms with Crippen LogP contribution in [0.2, 0.25) is 0 Å². The van der Waals surface area contributed by atoms with Crippen molar-refractivity contribution in [2.45, 2.75) is 26.4 Å². The third-order valence-corrected chi connectivity index (χ3v) is 4.61. The minimum atomic E-state index is -0.896. The van der Waals surface area contributed by atoms with Gasteiger partial charge in [0.05, 0.1) is 23.5 Å². The van der Waals surface area contributed by atoms with Crippen LogP contribution in [0.25, 0.3) is 10.6 Å². The van der Waals surface area contributed by atoms with Crippen LogP contribution in [-0.2, 0) is 11.2 Å².